The number of carbonyl (C=O) groups is 1. The van der Waals surface area contributed by atoms with Gasteiger partial charge in [0.15, 0.2) is 5.78 Å². The van der Waals surface area contributed by atoms with Gasteiger partial charge in [-0.1, -0.05) is 11.6 Å². The molecule has 2 aromatic carbocycles. The summed E-state index contributed by atoms with van der Waals surface area (Å²) in [5, 5.41) is 11.0. The van der Waals surface area contributed by atoms with Crippen LogP contribution in [0.4, 0.5) is 17.6 Å². The van der Waals surface area contributed by atoms with E-state index in [1.807, 2.05) is 0 Å². The number of nitrogens with zero attached hydrogens (tertiary/aromatic N) is 1. The Balaban J connectivity index is 1.62. The van der Waals surface area contributed by atoms with Crippen LogP contribution >= 0.6 is 11.6 Å². The number of ketones is 1. The van der Waals surface area contributed by atoms with Gasteiger partial charge in [0.2, 0.25) is 5.60 Å². The highest BCUT2D eigenvalue weighted by Gasteiger charge is 2.56. The van der Waals surface area contributed by atoms with Gasteiger partial charge in [-0.05, 0) is 80.3 Å². The van der Waals surface area contributed by atoms with Gasteiger partial charge in [0.25, 0.3) is 0 Å². The van der Waals surface area contributed by atoms with Gasteiger partial charge in [0.1, 0.15) is 23.0 Å². The lowest BCUT2D eigenvalue weighted by Gasteiger charge is -2.30. The van der Waals surface area contributed by atoms with Crippen molar-refractivity contribution in [2.75, 3.05) is 7.11 Å². The van der Waals surface area contributed by atoms with Crippen LogP contribution in [0.25, 0.3) is 11.3 Å². The van der Waals surface area contributed by atoms with E-state index in [-0.39, 0.29) is 33.7 Å². The average molecular weight is 538 g/mol. The number of Topliss-reactive ketones (excluding diaryl/α,β-unsaturated/α-hetero) is 1. The molecule has 37 heavy (non-hydrogen) atoms. The highest BCUT2D eigenvalue weighted by atomic mass is 35.5. The number of alkyl halides is 3. The fourth-order valence-electron chi connectivity index (χ4n) is 3.83. The first-order valence-corrected chi connectivity index (χ1v) is 11.9. The van der Waals surface area contributed by atoms with E-state index in [2.05, 4.69) is 4.98 Å². The molecule has 5 nitrogen and oxygen atoms in total. The molecular weight excluding hydrogens is 514 g/mol. The van der Waals surface area contributed by atoms with Gasteiger partial charge in [-0.2, -0.15) is 13.2 Å². The molecule has 0 bridgehead atoms. The van der Waals surface area contributed by atoms with E-state index in [4.69, 9.17) is 21.1 Å². The number of methoxy groups -OCH3 is 1. The number of hydrogen-bond donors (Lipinski definition) is 1. The van der Waals surface area contributed by atoms with E-state index in [0.29, 0.717) is 11.3 Å². The number of ether oxygens (including phenoxy) is 2. The molecular formula is C27H24ClF4NO4. The van der Waals surface area contributed by atoms with Crippen molar-refractivity contribution in [3.8, 4) is 22.8 Å². The molecule has 1 fully saturated rings. The fourth-order valence-corrected chi connectivity index (χ4v) is 4.05. The summed E-state index contributed by atoms with van der Waals surface area (Å²) in [7, 11) is 1.32. The molecule has 0 aliphatic heterocycles. The molecule has 0 amide bonds. The number of aromatic nitrogens is 1. The number of aryl methyl sites for hydroxylation is 1. The zero-order valence-electron chi connectivity index (χ0n) is 20.0. The Kier molecular flexibility index (Phi) is 7.48. The van der Waals surface area contributed by atoms with Crippen LogP contribution in [0, 0.1) is 12.7 Å². The van der Waals surface area contributed by atoms with Crippen molar-refractivity contribution in [3.63, 3.8) is 0 Å². The summed E-state index contributed by atoms with van der Waals surface area (Å²) in [6, 6.07) is 10.5. The zero-order chi connectivity index (χ0) is 27.0. The summed E-state index contributed by atoms with van der Waals surface area (Å²) in [5.41, 5.74) is -3.48. The van der Waals surface area contributed by atoms with Gasteiger partial charge in [0, 0.05) is 17.5 Å². The molecule has 1 aromatic heterocycles. The number of carbonyl (C=O) groups excluding carboxylic acids is 1. The third-order valence-electron chi connectivity index (χ3n) is 6.19. The Labute approximate surface area is 216 Å². The molecule has 3 aromatic rings. The Hall–Kier alpha value is -3.17. The van der Waals surface area contributed by atoms with Crippen molar-refractivity contribution in [3.05, 3.63) is 76.2 Å². The Morgan fingerprint density at radius 2 is 1.81 bits per heavy atom. The summed E-state index contributed by atoms with van der Waals surface area (Å²) >= 11 is 6.18. The van der Waals surface area contributed by atoms with Gasteiger partial charge < -0.3 is 14.6 Å². The first-order chi connectivity index (χ1) is 17.4. The van der Waals surface area contributed by atoms with Crippen molar-refractivity contribution in [2.24, 2.45) is 0 Å². The molecule has 10 heteroatoms. The molecule has 1 aliphatic carbocycles. The third-order valence-corrected chi connectivity index (χ3v) is 6.48. The number of benzene rings is 2. The predicted octanol–water partition coefficient (Wildman–Crippen LogP) is 6.81. The lowest BCUT2D eigenvalue weighted by Crippen LogP contribution is -2.43. The summed E-state index contributed by atoms with van der Waals surface area (Å²) < 4.78 is 67.2. The number of hydrogen-bond acceptors (Lipinski definition) is 5. The molecule has 4 rings (SSSR count). The number of aliphatic hydroxyl groups is 1. The van der Waals surface area contributed by atoms with E-state index in [1.54, 1.807) is 0 Å². The van der Waals surface area contributed by atoms with Crippen LogP contribution in [0.2, 0.25) is 5.02 Å². The van der Waals surface area contributed by atoms with Gasteiger partial charge in [-0.25, -0.2) is 9.37 Å². The van der Waals surface area contributed by atoms with Crippen molar-refractivity contribution < 1.29 is 36.9 Å². The van der Waals surface area contributed by atoms with E-state index >= 15 is 0 Å². The van der Waals surface area contributed by atoms with Gasteiger partial charge >= 0.3 is 6.18 Å². The number of pyridine rings is 1. The average Bonchev–Trinajstić information content (AvgIpc) is 3.68. The van der Waals surface area contributed by atoms with E-state index in [0.717, 1.165) is 18.9 Å². The molecule has 0 saturated heterocycles. The Morgan fingerprint density at radius 3 is 2.41 bits per heavy atom. The minimum absolute atomic E-state index is 0.00450. The second-order valence-corrected chi connectivity index (χ2v) is 9.36. The zero-order valence-corrected chi connectivity index (χ0v) is 20.8. The van der Waals surface area contributed by atoms with Gasteiger partial charge in [-0.15, -0.1) is 0 Å². The number of rotatable bonds is 9. The van der Waals surface area contributed by atoms with E-state index in [9.17, 15) is 27.5 Å². The maximum absolute atomic E-state index is 14.2. The minimum atomic E-state index is -5.15. The van der Waals surface area contributed by atoms with Gasteiger partial charge in [0.05, 0.1) is 23.9 Å². The molecule has 1 aliphatic rings. The summed E-state index contributed by atoms with van der Waals surface area (Å²) in [6.07, 6.45) is -4.85. The Morgan fingerprint density at radius 1 is 1.11 bits per heavy atom. The monoisotopic (exact) mass is 537 g/mol. The lowest BCUT2D eigenvalue weighted by molar-refractivity contribution is -0.270. The van der Waals surface area contributed by atoms with Crippen LogP contribution in [-0.4, -0.2) is 35.3 Å². The second kappa shape index (κ2) is 10.3. The van der Waals surface area contributed by atoms with E-state index in [1.165, 1.54) is 56.5 Å². The summed E-state index contributed by atoms with van der Waals surface area (Å²) in [4.78, 5) is 16.8. The highest BCUT2D eigenvalue weighted by molar-refractivity contribution is 6.32. The first-order valence-electron chi connectivity index (χ1n) is 11.5. The highest BCUT2D eigenvalue weighted by Crippen LogP contribution is 2.44. The van der Waals surface area contributed by atoms with Crippen LogP contribution in [0.5, 0.6) is 11.5 Å². The Bertz CT molecular complexity index is 1330. The molecule has 1 unspecified atom stereocenters. The predicted molar refractivity (Wildman–Crippen MR) is 130 cm³/mol. The molecule has 1 atom stereocenters. The molecule has 1 heterocycles. The smallest absolute Gasteiger partial charge is 0.422 e. The van der Waals surface area contributed by atoms with Crippen molar-refractivity contribution in [1.82, 2.24) is 4.98 Å². The lowest BCUT2D eigenvalue weighted by atomic mass is 9.89. The van der Waals surface area contributed by atoms with Crippen LogP contribution in [0.1, 0.15) is 47.3 Å². The minimum Gasteiger partial charge on any atom is -0.494 e. The van der Waals surface area contributed by atoms with Crippen LogP contribution in [0.3, 0.4) is 0 Å². The van der Waals surface area contributed by atoms with Crippen molar-refractivity contribution >= 4 is 17.4 Å². The molecule has 1 N–H and O–H groups in total. The summed E-state index contributed by atoms with van der Waals surface area (Å²) in [5.74, 6) is -0.584. The first kappa shape index (κ1) is 26.9. The third kappa shape index (κ3) is 5.72. The van der Waals surface area contributed by atoms with Crippen molar-refractivity contribution in [2.45, 2.75) is 50.5 Å². The normalized spacial score (nSPS) is 15.2. The SMILES string of the molecule is COc1ccc(C(O)(CCC(=O)c2ccc(OC3CC3)c(Cl)c2)C(F)(F)F)nc1-c1ccc(F)c(C)c1. The van der Waals surface area contributed by atoms with Crippen LogP contribution < -0.4 is 9.47 Å². The molecule has 1 saturated carbocycles. The molecule has 0 spiro atoms. The number of halogens is 5. The molecule has 196 valence electrons. The van der Waals surface area contributed by atoms with Gasteiger partial charge in [-0.3, -0.25) is 4.79 Å². The summed E-state index contributed by atoms with van der Waals surface area (Å²) in [6.45, 7) is 1.50. The maximum atomic E-state index is 14.2. The molecule has 0 radical (unpaired) electrons. The van der Waals surface area contributed by atoms with Crippen LogP contribution in [0.15, 0.2) is 48.5 Å². The second-order valence-electron chi connectivity index (χ2n) is 8.95. The van der Waals surface area contributed by atoms with Crippen LogP contribution in [-0.2, 0) is 5.60 Å². The van der Waals surface area contributed by atoms with E-state index < -0.39 is 41.9 Å². The fraction of sp³-hybridized carbons (Fsp3) is 0.333. The topological polar surface area (TPSA) is 68.7 Å². The quantitative estimate of drug-likeness (QED) is 0.240. The largest absolute Gasteiger partial charge is 0.494 e. The standard InChI is InChI=1S/C27H24ClF4NO4/c1-15-13-17(3-7-20(15)29)25-23(36-2)9-10-24(33-25)26(35,27(30,31)32)12-11-21(34)16-4-8-22(19(28)14-16)37-18-5-6-18/h3-4,7-10,13-14,18,35H,5-6,11-12H2,1-2H3. The van der Waals surface area contributed by atoms with Crippen molar-refractivity contribution in [1.29, 1.82) is 0 Å². The maximum Gasteiger partial charge on any atom is 0.422 e.